The first-order valence-corrected chi connectivity index (χ1v) is 57.6. The van der Waals surface area contributed by atoms with Crippen molar-refractivity contribution in [3.63, 3.8) is 0 Å². The van der Waals surface area contributed by atoms with Crippen LogP contribution in [0.25, 0.3) is 0 Å². The quantitative estimate of drug-likeness (QED) is 0.0259. The van der Waals surface area contributed by atoms with Crippen LogP contribution in [0.2, 0.25) is 0 Å². The highest BCUT2D eigenvalue weighted by molar-refractivity contribution is 7.79. The monoisotopic (exact) mass is 1900 g/mol. The van der Waals surface area contributed by atoms with Crippen LogP contribution in [-0.4, -0.2) is 78.2 Å². The fourth-order valence-corrected chi connectivity index (χ4v) is 31.9. The smallest absolute Gasteiger partial charge is 0.231 e. The zero-order chi connectivity index (χ0) is 93.5. The molecule has 0 amide bonds. The summed E-state index contributed by atoms with van der Waals surface area (Å²) in [5, 5.41) is 6.54. The first-order valence-electron chi connectivity index (χ1n) is 50.1. The summed E-state index contributed by atoms with van der Waals surface area (Å²) in [7, 11) is -12.5. The second-order valence-corrected chi connectivity index (χ2v) is 48.6. The molecule has 5 aliphatic rings. The Morgan fingerprint density at radius 2 is 0.368 bits per heavy atom. The van der Waals surface area contributed by atoms with Crippen LogP contribution in [0.5, 0.6) is 69.0 Å². The zero-order valence-electron chi connectivity index (χ0n) is 79.5. The van der Waals surface area contributed by atoms with Gasteiger partial charge in [0.25, 0.3) is 0 Å². The van der Waals surface area contributed by atoms with Gasteiger partial charge in [-0.05, 0) is 101 Å². The summed E-state index contributed by atoms with van der Waals surface area (Å²) in [4.78, 5) is 0. The van der Waals surface area contributed by atoms with E-state index in [1.165, 1.54) is 0 Å². The maximum Gasteiger partial charge on any atom is 0.231 e. The second-order valence-electron chi connectivity index (χ2n) is 36.7. The number of hydrogen-bond acceptors (Lipinski definition) is 16. The van der Waals surface area contributed by atoms with Crippen LogP contribution in [0.1, 0.15) is 250 Å². The van der Waals surface area contributed by atoms with Gasteiger partial charge in [0, 0.05) is 135 Å². The molecule has 16 nitrogen and oxygen atoms in total. The van der Waals surface area contributed by atoms with Crippen molar-refractivity contribution in [1.82, 2.24) is 0 Å². The van der Waals surface area contributed by atoms with Crippen LogP contribution >= 0.6 is 28.6 Å². The summed E-state index contributed by atoms with van der Waals surface area (Å²) in [5.74, 6) is 3.96. The minimum absolute atomic E-state index is 0.223. The number of unbranched alkanes of at least 4 members (excludes halogenated alkanes) is 12. The molecule has 0 N–H and O–H groups in total. The molecule has 136 heavy (non-hydrogen) atoms. The van der Waals surface area contributed by atoms with Gasteiger partial charge in [0.05, 0.1) is 26.4 Å². The van der Waals surface area contributed by atoms with Gasteiger partial charge in [0.1, 0.15) is 28.6 Å². The van der Waals surface area contributed by atoms with Crippen molar-refractivity contribution in [2.45, 2.75) is 205 Å². The number of rotatable bonds is 48. The van der Waals surface area contributed by atoms with E-state index in [1.807, 2.05) is 243 Å². The van der Waals surface area contributed by atoms with Crippen LogP contribution in [0.15, 0.2) is 267 Å². The van der Waals surface area contributed by atoms with Gasteiger partial charge >= 0.3 is 0 Å². The Labute approximate surface area is 805 Å². The molecule has 17 rings (SSSR count). The van der Waals surface area contributed by atoms with Crippen LogP contribution in [0.4, 0.5) is 0 Å². The number of ether oxygens (including phenoxy) is 12. The van der Waals surface area contributed by atoms with Gasteiger partial charge in [0.2, 0.25) is 50.2 Å². The maximum atomic E-state index is 15.8. The summed E-state index contributed by atoms with van der Waals surface area (Å²) in [6, 6.07) is 88.7. The van der Waals surface area contributed by atoms with E-state index in [1.54, 1.807) is 0 Å². The maximum absolute atomic E-state index is 15.8. The molecule has 4 heterocycles. The number of hydrogen-bond donors (Lipinski definition) is 0. The lowest BCUT2D eigenvalue weighted by Crippen LogP contribution is -2.24. The normalized spacial score (nSPS) is 15.7. The van der Waals surface area contributed by atoms with Crippen molar-refractivity contribution in [2.75, 3.05) is 78.2 Å². The topological polar surface area (TPSA) is 179 Å². The van der Waals surface area contributed by atoms with E-state index < -0.39 is 52.2 Å². The van der Waals surface area contributed by atoms with Gasteiger partial charge in [-0.1, -0.05) is 347 Å². The predicted molar refractivity (Wildman–Crippen MR) is 552 cm³/mol. The van der Waals surface area contributed by atoms with Crippen molar-refractivity contribution in [3.8, 4) is 69.0 Å². The fraction of sp³-hybridized carbons (Fsp3) is 0.379. The van der Waals surface area contributed by atoms with Crippen LogP contribution in [-0.2, 0) is 18.3 Å². The average molecular weight is 1910 g/mol. The van der Waals surface area contributed by atoms with E-state index in [0.717, 1.165) is 164 Å². The molecular weight excluding hydrogens is 1770 g/mol. The molecule has 0 aromatic heterocycles. The van der Waals surface area contributed by atoms with Crippen LogP contribution < -0.4 is 99.3 Å². The van der Waals surface area contributed by atoms with E-state index >= 15 is 18.3 Å². The highest BCUT2D eigenvalue weighted by atomic mass is 31.2. The molecule has 8 bridgehead atoms. The molecule has 12 aromatic carbocycles. The van der Waals surface area contributed by atoms with Crippen molar-refractivity contribution >= 4 is 71.0 Å². The minimum Gasteiger partial charge on any atom is -0.486 e. The molecule has 0 atom stereocenters. The fourth-order valence-electron chi connectivity index (χ4n) is 20.8. The molecule has 1 aliphatic carbocycles. The molecule has 4 aliphatic heterocycles. The van der Waals surface area contributed by atoms with Gasteiger partial charge in [-0.25, -0.2) is 0 Å². The largest absolute Gasteiger partial charge is 0.486 e. The van der Waals surface area contributed by atoms with Crippen molar-refractivity contribution in [1.29, 1.82) is 0 Å². The third kappa shape index (κ3) is 21.4. The summed E-state index contributed by atoms with van der Waals surface area (Å²) in [6.07, 6.45) is 19.7. The Morgan fingerprint density at radius 3 is 0.515 bits per heavy atom. The molecule has 0 saturated carbocycles. The van der Waals surface area contributed by atoms with Gasteiger partial charge in [-0.3, -0.25) is 0 Å². The van der Waals surface area contributed by atoms with Gasteiger partial charge < -0.3 is 75.1 Å². The lowest BCUT2D eigenvalue weighted by molar-refractivity contribution is 0.0820. The molecule has 12 aromatic rings. The van der Waals surface area contributed by atoms with Crippen molar-refractivity contribution in [2.24, 2.45) is 0 Å². The Hall–Kier alpha value is -10.8. The highest BCUT2D eigenvalue weighted by Gasteiger charge is 2.45. The molecule has 0 radical (unpaired) electrons. The average Bonchev–Trinajstić information content (AvgIpc) is 0.717. The van der Waals surface area contributed by atoms with Crippen molar-refractivity contribution in [3.05, 3.63) is 311 Å². The Balaban J connectivity index is 0.877. The van der Waals surface area contributed by atoms with E-state index in [2.05, 4.69) is 52.0 Å². The summed E-state index contributed by atoms with van der Waals surface area (Å²) in [6.45, 7) is 8.79. The van der Waals surface area contributed by atoms with E-state index in [0.29, 0.717) is 171 Å². The zero-order valence-corrected chi connectivity index (χ0v) is 83.1. The van der Waals surface area contributed by atoms with E-state index in [9.17, 15) is 0 Å². The minimum atomic E-state index is -3.12. The van der Waals surface area contributed by atoms with Crippen LogP contribution in [0, 0.1) is 0 Å². The third-order valence-electron chi connectivity index (χ3n) is 27.8. The molecule has 0 saturated heterocycles. The molecule has 0 fully saturated rings. The van der Waals surface area contributed by atoms with Crippen LogP contribution in [0.3, 0.4) is 0 Å². The SMILES string of the molecule is CCCCCC1c2cc3c4c(OCCCCP(=O)(c5ccccc5)c5ccccc5)c2OCOc2c1cc1c(c2OCCCCP(=O)(c2ccccc2)c2ccccc2)OCOc2c(cc5c(c2OCCCCP(=O)(c2ccccc2)c2ccccc2)OCOc2c(cc(c(c2OCCCCP(=O)(c2ccccc2)c2ccccc2)OCO4)C3CCCCC)C5CCCCC)C1CCCCC. The lowest BCUT2D eigenvalue weighted by Gasteiger charge is -2.37. The molecule has 0 unspecified atom stereocenters. The first-order chi connectivity index (χ1) is 66.9. The van der Waals surface area contributed by atoms with Crippen molar-refractivity contribution < 1.29 is 75.1 Å². The molecule has 712 valence electrons. The van der Waals surface area contributed by atoms with E-state index in [4.69, 9.17) is 56.8 Å². The van der Waals surface area contributed by atoms with Gasteiger partial charge in [-0.2, -0.15) is 0 Å². The summed E-state index contributed by atoms with van der Waals surface area (Å²) in [5.41, 5.74) is 7.25. The Kier molecular flexibility index (Phi) is 33.1. The summed E-state index contributed by atoms with van der Waals surface area (Å²) >= 11 is 0. The lowest BCUT2D eigenvalue weighted by atomic mass is 9.75. The standard InChI is InChI=1S/C116H132O16P4/c1-5-9-21-65-93-97-77-99-94(66-22-10-6-2)101-79-103-96(68-24-12-8-4)104-80-102-95(67-23-11-7-3)100-78-98(93)106-114(122-70-42-46-74-134(118,87-53-29-15-30-54-87)88-55-31-16-32-56-88)108(100)128-83-130-110(102)116(124-72-44-48-76-136(120,91-61-37-19-38-62-91)92-63-39-20-40-64-92)112(104)132-84-131-111(103)115(123-71-43-47-75-135(119,89-57-33-17-34-58-89)90-59-35-18-36-60-90)109(101)129-82-127-107(99)113(105(97)125-81-126-106)121-69-41-45-73-133(117,85-49-25-13-26-50-85)86-51-27-14-28-52-86/h13-20,25-40,49-64,77-80,93-96H,5-12,21-24,41-48,65-76,81-84H2,1-4H3. The third-order valence-corrected chi connectivity index (χ3v) is 40.7. The van der Waals surface area contributed by atoms with Gasteiger partial charge in [-0.15, -0.1) is 0 Å². The predicted octanol–water partition coefficient (Wildman–Crippen LogP) is 26.5. The Morgan fingerprint density at radius 1 is 0.213 bits per heavy atom. The number of benzene rings is 12. The highest BCUT2D eigenvalue weighted by Crippen LogP contribution is 2.64. The first kappa shape index (κ1) is 96.8. The molecule has 20 heteroatoms. The van der Waals surface area contributed by atoms with Gasteiger partial charge in [0.15, 0.2) is 46.0 Å². The molecular formula is C116H132O16P4. The summed E-state index contributed by atoms with van der Waals surface area (Å²) < 4.78 is 153. The molecule has 0 spiro atoms. The van der Waals surface area contributed by atoms with E-state index in [-0.39, 0.29) is 53.6 Å². The Bertz CT molecular complexity index is 5090. The second kappa shape index (κ2) is 46.5.